The third kappa shape index (κ3) is 3.25. The average molecular weight is 247 g/mol. The zero-order chi connectivity index (χ0) is 13.0. The van der Waals surface area contributed by atoms with Gasteiger partial charge in [0.1, 0.15) is 0 Å². The molecule has 1 unspecified atom stereocenters. The highest BCUT2D eigenvalue weighted by Crippen LogP contribution is 2.27. The SMILES string of the molecule is COC(=O)CCC1CCN(c2cccc(C)c2)C1. The van der Waals surface area contributed by atoms with Crippen molar-refractivity contribution in [3.8, 4) is 0 Å². The topological polar surface area (TPSA) is 29.5 Å². The number of carbonyl (C=O) groups excluding carboxylic acids is 1. The molecular formula is C15H21NO2. The van der Waals surface area contributed by atoms with E-state index in [4.69, 9.17) is 0 Å². The second kappa shape index (κ2) is 5.89. The van der Waals surface area contributed by atoms with E-state index in [0.29, 0.717) is 12.3 Å². The highest BCUT2D eigenvalue weighted by Gasteiger charge is 2.23. The highest BCUT2D eigenvalue weighted by molar-refractivity contribution is 5.69. The molecule has 18 heavy (non-hydrogen) atoms. The molecule has 1 aliphatic rings. The summed E-state index contributed by atoms with van der Waals surface area (Å²) in [7, 11) is 1.45. The van der Waals surface area contributed by atoms with E-state index in [1.807, 2.05) is 0 Å². The molecule has 0 spiro atoms. The van der Waals surface area contributed by atoms with Crippen LogP contribution in [-0.2, 0) is 9.53 Å². The van der Waals surface area contributed by atoms with Gasteiger partial charge in [0, 0.05) is 25.2 Å². The standard InChI is InChI=1S/C15H21NO2/c1-12-4-3-5-14(10-12)16-9-8-13(11-16)6-7-15(17)18-2/h3-5,10,13H,6-9,11H2,1-2H3. The summed E-state index contributed by atoms with van der Waals surface area (Å²) in [4.78, 5) is 13.5. The molecule has 0 radical (unpaired) electrons. The first-order chi connectivity index (χ1) is 8.69. The maximum atomic E-state index is 11.1. The fourth-order valence-corrected chi connectivity index (χ4v) is 2.55. The summed E-state index contributed by atoms with van der Waals surface area (Å²) < 4.78 is 4.68. The first-order valence-electron chi connectivity index (χ1n) is 6.57. The number of rotatable bonds is 4. The Morgan fingerprint density at radius 3 is 3.06 bits per heavy atom. The number of anilines is 1. The Morgan fingerprint density at radius 2 is 2.33 bits per heavy atom. The van der Waals surface area contributed by atoms with E-state index >= 15 is 0 Å². The summed E-state index contributed by atoms with van der Waals surface area (Å²) in [6.07, 6.45) is 2.66. The minimum absolute atomic E-state index is 0.0935. The van der Waals surface area contributed by atoms with Crippen molar-refractivity contribution in [3.05, 3.63) is 29.8 Å². The van der Waals surface area contributed by atoms with E-state index in [-0.39, 0.29) is 5.97 Å². The summed E-state index contributed by atoms with van der Waals surface area (Å²) in [5, 5.41) is 0. The van der Waals surface area contributed by atoms with Crippen LogP contribution in [-0.4, -0.2) is 26.2 Å². The molecule has 1 atom stereocenters. The Balaban J connectivity index is 1.86. The lowest BCUT2D eigenvalue weighted by molar-refractivity contribution is -0.140. The van der Waals surface area contributed by atoms with Gasteiger partial charge < -0.3 is 9.64 Å². The molecule has 0 saturated carbocycles. The van der Waals surface area contributed by atoms with Gasteiger partial charge in [-0.1, -0.05) is 12.1 Å². The summed E-state index contributed by atoms with van der Waals surface area (Å²) in [6.45, 7) is 4.27. The third-order valence-electron chi connectivity index (χ3n) is 3.64. The Labute approximate surface area is 109 Å². The van der Waals surface area contributed by atoms with E-state index in [2.05, 4.69) is 40.8 Å². The lowest BCUT2D eigenvalue weighted by atomic mass is 10.0. The van der Waals surface area contributed by atoms with Crippen LogP contribution < -0.4 is 4.90 Å². The summed E-state index contributed by atoms with van der Waals surface area (Å²) in [6, 6.07) is 8.61. The number of hydrogen-bond donors (Lipinski definition) is 0. The van der Waals surface area contributed by atoms with Gasteiger partial charge in [0.25, 0.3) is 0 Å². The van der Waals surface area contributed by atoms with Crippen LogP contribution in [0.5, 0.6) is 0 Å². The Bertz CT molecular complexity index is 417. The number of aryl methyl sites for hydroxylation is 1. The molecule has 98 valence electrons. The number of methoxy groups -OCH3 is 1. The van der Waals surface area contributed by atoms with Crippen molar-refractivity contribution >= 4 is 11.7 Å². The number of esters is 1. The van der Waals surface area contributed by atoms with E-state index in [1.54, 1.807) is 0 Å². The maximum absolute atomic E-state index is 11.1. The lowest BCUT2D eigenvalue weighted by Crippen LogP contribution is -2.19. The van der Waals surface area contributed by atoms with Gasteiger partial charge >= 0.3 is 5.97 Å². The molecule has 1 aromatic carbocycles. The molecule has 3 nitrogen and oxygen atoms in total. The molecule has 1 aromatic rings. The number of nitrogens with zero attached hydrogens (tertiary/aromatic N) is 1. The normalized spacial score (nSPS) is 19.0. The first-order valence-corrected chi connectivity index (χ1v) is 6.57. The number of ether oxygens (including phenoxy) is 1. The van der Waals surface area contributed by atoms with Crippen LogP contribution in [0, 0.1) is 12.8 Å². The van der Waals surface area contributed by atoms with Crippen molar-refractivity contribution in [2.24, 2.45) is 5.92 Å². The molecule has 1 heterocycles. The van der Waals surface area contributed by atoms with Crippen LogP contribution in [0.25, 0.3) is 0 Å². The van der Waals surface area contributed by atoms with Crippen LogP contribution in [0.15, 0.2) is 24.3 Å². The fraction of sp³-hybridized carbons (Fsp3) is 0.533. The van der Waals surface area contributed by atoms with E-state index in [0.717, 1.165) is 19.5 Å². The van der Waals surface area contributed by atoms with Crippen LogP contribution in [0.4, 0.5) is 5.69 Å². The van der Waals surface area contributed by atoms with Gasteiger partial charge in [0.2, 0.25) is 0 Å². The molecule has 0 aromatic heterocycles. The van der Waals surface area contributed by atoms with Gasteiger partial charge in [-0.25, -0.2) is 0 Å². The van der Waals surface area contributed by atoms with Crippen molar-refractivity contribution in [3.63, 3.8) is 0 Å². The van der Waals surface area contributed by atoms with Crippen molar-refractivity contribution in [1.82, 2.24) is 0 Å². The largest absolute Gasteiger partial charge is 0.469 e. The van der Waals surface area contributed by atoms with E-state index in [9.17, 15) is 4.79 Å². The maximum Gasteiger partial charge on any atom is 0.305 e. The van der Waals surface area contributed by atoms with Crippen molar-refractivity contribution in [2.75, 3.05) is 25.1 Å². The fourth-order valence-electron chi connectivity index (χ4n) is 2.55. The second-order valence-corrected chi connectivity index (χ2v) is 5.05. The first kappa shape index (κ1) is 12.9. The molecule has 1 saturated heterocycles. The zero-order valence-electron chi connectivity index (χ0n) is 11.2. The van der Waals surface area contributed by atoms with Crippen molar-refractivity contribution in [2.45, 2.75) is 26.2 Å². The Kier molecular flexibility index (Phi) is 4.24. The molecule has 1 aliphatic heterocycles. The van der Waals surface area contributed by atoms with Crippen molar-refractivity contribution < 1.29 is 9.53 Å². The molecule has 0 bridgehead atoms. The summed E-state index contributed by atoms with van der Waals surface area (Å²) in [5.74, 6) is 0.522. The number of carbonyl (C=O) groups is 1. The van der Waals surface area contributed by atoms with Crippen LogP contribution in [0.3, 0.4) is 0 Å². The minimum Gasteiger partial charge on any atom is -0.469 e. The summed E-state index contributed by atoms with van der Waals surface area (Å²) >= 11 is 0. The van der Waals surface area contributed by atoms with Crippen LogP contribution in [0.2, 0.25) is 0 Å². The van der Waals surface area contributed by atoms with Gasteiger partial charge in [0.15, 0.2) is 0 Å². The molecule has 0 N–H and O–H groups in total. The van der Waals surface area contributed by atoms with Gasteiger partial charge in [0.05, 0.1) is 7.11 Å². The second-order valence-electron chi connectivity index (χ2n) is 5.05. The third-order valence-corrected chi connectivity index (χ3v) is 3.64. The molecule has 0 aliphatic carbocycles. The molecule has 3 heteroatoms. The van der Waals surface area contributed by atoms with Gasteiger partial charge in [-0.15, -0.1) is 0 Å². The smallest absolute Gasteiger partial charge is 0.305 e. The Morgan fingerprint density at radius 1 is 1.50 bits per heavy atom. The molecule has 2 rings (SSSR count). The van der Waals surface area contributed by atoms with E-state index < -0.39 is 0 Å². The monoisotopic (exact) mass is 247 g/mol. The zero-order valence-corrected chi connectivity index (χ0v) is 11.2. The van der Waals surface area contributed by atoms with Gasteiger partial charge in [-0.2, -0.15) is 0 Å². The minimum atomic E-state index is -0.0935. The number of hydrogen-bond acceptors (Lipinski definition) is 3. The lowest BCUT2D eigenvalue weighted by Gasteiger charge is -2.19. The summed E-state index contributed by atoms with van der Waals surface area (Å²) in [5.41, 5.74) is 2.60. The van der Waals surface area contributed by atoms with Crippen LogP contribution >= 0.6 is 0 Å². The van der Waals surface area contributed by atoms with Gasteiger partial charge in [-0.05, 0) is 43.4 Å². The highest BCUT2D eigenvalue weighted by atomic mass is 16.5. The average Bonchev–Trinajstić information content (AvgIpc) is 2.84. The Hall–Kier alpha value is -1.51. The van der Waals surface area contributed by atoms with Crippen molar-refractivity contribution in [1.29, 1.82) is 0 Å². The predicted octanol–water partition coefficient (Wildman–Crippen LogP) is 2.77. The number of benzene rings is 1. The molecule has 1 fully saturated rings. The van der Waals surface area contributed by atoms with Crippen LogP contribution in [0.1, 0.15) is 24.8 Å². The quantitative estimate of drug-likeness (QED) is 0.766. The van der Waals surface area contributed by atoms with E-state index in [1.165, 1.54) is 24.8 Å². The van der Waals surface area contributed by atoms with Gasteiger partial charge in [-0.3, -0.25) is 4.79 Å². The molecule has 0 amide bonds. The predicted molar refractivity (Wildman–Crippen MR) is 72.7 cm³/mol. The molecular weight excluding hydrogens is 226 g/mol.